The summed E-state index contributed by atoms with van der Waals surface area (Å²) in [6.07, 6.45) is 3.25. The van der Waals surface area contributed by atoms with Gasteiger partial charge < -0.3 is 11.5 Å². The number of nitrogen functional groups attached to an aromatic ring is 2. The third-order valence-corrected chi connectivity index (χ3v) is 4.11. The Morgan fingerprint density at radius 2 is 1.48 bits per heavy atom. The van der Waals surface area contributed by atoms with Crippen LogP contribution in [0.4, 0.5) is 11.4 Å². The van der Waals surface area contributed by atoms with Crippen LogP contribution in [0.2, 0.25) is 0 Å². The van der Waals surface area contributed by atoms with E-state index in [2.05, 4.69) is 12.6 Å². The van der Waals surface area contributed by atoms with Crippen LogP contribution in [-0.2, 0) is 10.1 Å². The normalized spacial score (nSPS) is 11.9. The molecule has 0 unspecified atom stereocenters. The molecule has 21 heavy (non-hydrogen) atoms. The number of benzene rings is 2. The molecular weight excluding hydrogens is 308 g/mol. The van der Waals surface area contributed by atoms with Gasteiger partial charge >= 0.3 is 0 Å². The van der Waals surface area contributed by atoms with Gasteiger partial charge in [0.25, 0.3) is 10.1 Å². The summed E-state index contributed by atoms with van der Waals surface area (Å²) < 4.78 is 32.0. The highest BCUT2D eigenvalue weighted by Crippen LogP contribution is 2.23. The molecule has 0 radical (unpaired) electrons. The topological polar surface area (TPSA) is 106 Å². The zero-order valence-electron chi connectivity index (χ0n) is 10.9. The second-order valence-corrected chi connectivity index (χ2v) is 6.30. The Balaban J connectivity index is 2.46. The Morgan fingerprint density at radius 3 is 2.05 bits per heavy atom. The molecule has 0 spiro atoms. The van der Waals surface area contributed by atoms with Gasteiger partial charge in [-0.2, -0.15) is 8.42 Å². The van der Waals surface area contributed by atoms with Crippen molar-refractivity contribution in [1.82, 2.24) is 0 Å². The molecule has 2 aromatic rings. The van der Waals surface area contributed by atoms with Gasteiger partial charge in [-0.3, -0.25) is 4.55 Å². The molecule has 0 fully saturated rings. The van der Waals surface area contributed by atoms with Gasteiger partial charge in [-0.25, -0.2) is 0 Å². The van der Waals surface area contributed by atoms with Gasteiger partial charge in [-0.1, -0.05) is 24.3 Å². The van der Waals surface area contributed by atoms with Gasteiger partial charge in [0.2, 0.25) is 0 Å². The van der Waals surface area contributed by atoms with Crippen molar-refractivity contribution in [2.45, 2.75) is 9.79 Å². The van der Waals surface area contributed by atoms with E-state index in [0.717, 1.165) is 5.56 Å². The molecule has 2 rings (SSSR count). The number of hydrogen-bond donors (Lipinski definition) is 4. The fourth-order valence-electron chi connectivity index (χ4n) is 1.79. The van der Waals surface area contributed by atoms with Gasteiger partial charge in [-0.05, 0) is 35.4 Å². The van der Waals surface area contributed by atoms with Gasteiger partial charge in [-0.15, -0.1) is 12.6 Å². The number of hydrogen-bond acceptors (Lipinski definition) is 5. The van der Waals surface area contributed by atoms with Crippen molar-refractivity contribution in [2.75, 3.05) is 11.5 Å². The molecule has 0 aromatic heterocycles. The van der Waals surface area contributed by atoms with Crippen molar-refractivity contribution < 1.29 is 13.0 Å². The fraction of sp³-hybridized carbons (Fsp3) is 0. The van der Waals surface area contributed by atoms with Gasteiger partial charge in [0, 0.05) is 16.3 Å². The minimum atomic E-state index is -4.35. The van der Waals surface area contributed by atoms with E-state index in [1.165, 1.54) is 12.1 Å². The van der Waals surface area contributed by atoms with Gasteiger partial charge in [0.1, 0.15) is 4.90 Å². The summed E-state index contributed by atoms with van der Waals surface area (Å²) in [4.78, 5) is 0.421. The van der Waals surface area contributed by atoms with Crippen LogP contribution in [0.5, 0.6) is 0 Å². The van der Waals surface area contributed by atoms with Gasteiger partial charge in [0.15, 0.2) is 0 Å². The van der Waals surface area contributed by atoms with Crippen LogP contribution in [0.1, 0.15) is 11.1 Å². The van der Waals surface area contributed by atoms with Gasteiger partial charge in [0.05, 0.1) is 0 Å². The Morgan fingerprint density at radius 1 is 0.952 bits per heavy atom. The highest BCUT2D eigenvalue weighted by atomic mass is 32.2. The molecular formula is C14H14N2O3S2. The van der Waals surface area contributed by atoms with E-state index >= 15 is 0 Å². The summed E-state index contributed by atoms with van der Waals surface area (Å²) in [7, 11) is -4.35. The lowest BCUT2D eigenvalue weighted by Crippen LogP contribution is -2.02. The van der Waals surface area contributed by atoms with E-state index in [0.29, 0.717) is 16.1 Å². The molecule has 0 amide bonds. The van der Waals surface area contributed by atoms with Crippen molar-refractivity contribution in [3.63, 3.8) is 0 Å². The van der Waals surface area contributed by atoms with Crippen molar-refractivity contribution >= 4 is 46.3 Å². The molecule has 0 saturated heterocycles. The highest BCUT2D eigenvalue weighted by Gasteiger charge is 2.14. The average Bonchev–Trinajstić information content (AvgIpc) is 2.38. The van der Waals surface area contributed by atoms with Crippen molar-refractivity contribution in [1.29, 1.82) is 0 Å². The van der Waals surface area contributed by atoms with Crippen molar-refractivity contribution in [3.05, 3.63) is 47.5 Å². The molecule has 7 heteroatoms. The molecule has 0 aliphatic heterocycles. The first-order chi connectivity index (χ1) is 9.77. The minimum absolute atomic E-state index is 0.241. The summed E-state index contributed by atoms with van der Waals surface area (Å²) in [5, 5.41) is 0. The third-order valence-electron chi connectivity index (χ3n) is 2.81. The average molecular weight is 322 g/mol. The molecule has 5 N–H and O–H groups in total. The van der Waals surface area contributed by atoms with E-state index in [9.17, 15) is 13.0 Å². The van der Waals surface area contributed by atoms with E-state index < -0.39 is 10.1 Å². The molecule has 0 aliphatic carbocycles. The molecule has 0 atom stereocenters. The molecule has 2 aromatic carbocycles. The maximum atomic E-state index is 11.4. The minimum Gasteiger partial charge on any atom is -0.399 e. The number of thiol groups is 1. The van der Waals surface area contributed by atoms with E-state index in [-0.39, 0.29) is 10.6 Å². The van der Waals surface area contributed by atoms with Crippen LogP contribution < -0.4 is 11.5 Å². The first-order valence-electron chi connectivity index (χ1n) is 5.91. The lowest BCUT2D eigenvalue weighted by molar-refractivity contribution is 0.483. The summed E-state index contributed by atoms with van der Waals surface area (Å²) in [5.41, 5.74) is 13.1. The standard InChI is InChI=1S/C14H14N2O3S2/c15-11-5-3-9(13(20)7-11)1-2-10-4-6-12(16)8-14(10)21(17,18)19/h1-8,20H,15-16H2,(H,17,18,19)/b2-1+. The Labute approximate surface area is 128 Å². The van der Waals surface area contributed by atoms with Crippen molar-refractivity contribution in [2.24, 2.45) is 0 Å². The Kier molecular flexibility index (Phi) is 4.26. The summed E-state index contributed by atoms with van der Waals surface area (Å²) in [5.74, 6) is 0. The number of rotatable bonds is 3. The van der Waals surface area contributed by atoms with E-state index in [4.69, 9.17) is 11.5 Å². The molecule has 110 valence electrons. The third kappa shape index (κ3) is 3.78. The fourth-order valence-corrected chi connectivity index (χ4v) is 2.81. The summed E-state index contributed by atoms with van der Waals surface area (Å²) in [6, 6.07) is 9.45. The van der Waals surface area contributed by atoms with Crippen LogP contribution in [0, 0.1) is 0 Å². The summed E-state index contributed by atoms with van der Waals surface area (Å²) in [6.45, 7) is 0. The number of nitrogens with two attached hydrogens (primary N) is 2. The molecule has 0 aliphatic rings. The van der Waals surface area contributed by atoms with Crippen LogP contribution in [0.25, 0.3) is 12.2 Å². The molecule has 0 bridgehead atoms. The van der Waals surface area contributed by atoms with Crippen LogP contribution in [0.15, 0.2) is 46.2 Å². The maximum Gasteiger partial charge on any atom is 0.295 e. The highest BCUT2D eigenvalue weighted by molar-refractivity contribution is 7.86. The monoisotopic (exact) mass is 322 g/mol. The quantitative estimate of drug-likeness (QED) is 0.301. The van der Waals surface area contributed by atoms with Crippen LogP contribution in [-0.4, -0.2) is 13.0 Å². The molecule has 0 saturated carbocycles. The van der Waals surface area contributed by atoms with Crippen LogP contribution >= 0.6 is 12.6 Å². The smallest absolute Gasteiger partial charge is 0.295 e. The zero-order chi connectivity index (χ0) is 15.6. The second-order valence-electron chi connectivity index (χ2n) is 4.42. The SMILES string of the molecule is Nc1ccc(/C=C/c2ccc(N)cc2S(=O)(=O)O)c(S)c1. The Hall–Kier alpha value is -1.96. The molecule has 5 nitrogen and oxygen atoms in total. The number of anilines is 2. The van der Waals surface area contributed by atoms with E-state index in [1.807, 2.05) is 0 Å². The lowest BCUT2D eigenvalue weighted by atomic mass is 10.1. The predicted octanol–water partition coefficient (Wildman–Crippen LogP) is 2.56. The largest absolute Gasteiger partial charge is 0.399 e. The zero-order valence-corrected chi connectivity index (χ0v) is 12.6. The predicted molar refractivity (Wildman–Crippen MR) is 87.7 cm³/mol. The first-order valence-corrected chi connectivity index (χ1v) is 7.80. The second kappa shape index (κ2) is 5.80. The lowest BCUT2D eigenvalue weighted by Gasteiger charge is -2.05. The first kappa shape index (κ1) is 15.4. The van der Waals surface area contributed by atoms with Crippen LogP contribution in [0.3, 0.4) is 0 Å². The Bertz CT molecular complexity index is 815. The maximum absolute atomic E-state index is 11.4. The van der Waals surface area contributed by atoms with Crippen molar-refractivity contribution in [3.8, 4) is 0 Å². The summed E-state index contributed by atoms with van der Waals surface area (Å²) >= 11 is 4.29. The molecule has 0 heterocycles. The van der Waals surface area contributed by atoms with E-state index in [1.54, 1.807) is 36.4 Å².